The van der Waals surface area contributed by atoms with Crippen LogP contribution in [0.3, 0.4) is 0 Å². The zero-order chi connectivity index (χ0) is 8.77. The highest BCUT2D eigenvalue weighted by Crippen LogP contribution is 2.47. The van der Waals surface area contributed by atoms with Crippen molar-refractivity contribution in [3.05, 3.63) is 28.5 Å². The number of aryl methyl sites for hydroxylation is 1. The number of nitrogens with zero attached hydrogens (tertiary/aromatic N) is 1. The summed E-state index contributed by atoms with van der Waals surface area (Å²) < 4.78 is 0. The van der Waals surface area contributed by atoms with Crippen LogP contribution in [-0.2, 0) is 5.60 Å². The SMILES string of the molecule is Cc1ccnc(C2(O)CC2)c1Cl. The fraction of sp³-hybridized carbons (Fsp3) is 0.444. The molecule has 12 heavy (non-hydrogen) atoms. The van der Waals surface area contributed by atoms with Gasteiger partial charge in [0.25, 0.3) is 0 Å². The van der Waals surface area contributed by atoms with Crippen LogP contribution in [0.4, 0.5) is 0 Å². The molecule has 1 aliphatic rings. The van der Waals surface area contributed by atoms with Crippen molar-refractivity contribution < 1.29 is 5.11 Å². The third kappa shape index (κ3) is 1.11. The summed E-state index contributed by atoms with van der Waals surface area (Å²) in [6.07, 6.45) is 3.25. The van der Waals surface area contributed by atoms with E-state index in [0.29, 0.717) is 10.7 Å². The molecule has 0 radical (unpaired) electrons. The largest absolute Gasteiger partial charge is 0.383 e. The van der Waals surface area contributed by atoms with E-state index in [1.807, 2.05) is 13.0 Å². The van der Waals surface area contributed by atoms with Crippen molar-refractivity contribution in [3.63, 3.8) is 0 Å². The summed E-state index contributed by atoms with van der Waals surface area (Å²) in [7, 11) is 0. The summed E-state index contributed by atoms with van der Waals surface area (Å²) in [5, 5.41) is 10.4. The number of aliphatic hydroxyl groups is 1. The lowest BCUT2D eigenvalue weighted by atomic mass is 10.1. The lowest BCUT2D eigenvalue weighted by molar-refractivity contribution is 0.146. The van der Waals surface area contributed by atoms with Gasteiger partial charge in [0.2, 0.25) is 0 Å². The van der Waals surface area contributed by atoms with E-state index in [-0.39, 0.29) is 0 Å². The minimum Gasteiger partial charge on any atom is -0.383 e. The third-order valence-electron chi connectivity index (χ3n) is 2.25. The van der Waals surface area contributed by atoms with Crippen LogP contribution < -0.4 is 0 Å². The molecule has 2 nitrogen and oxygen atoms in total. The second-order valence-corrected chi connectivity index (χ2v) is 3.70. The summed E-state index contributed by atoms with van der Waals surface area (Å²) in [4.78, 5) is 4.09. The van der Waals surface area contributed by atoms with Gasteiger partial charge in [0.1, 0.15) is 5.60 Å². The molecule has 0 amide bonds. The van der Waals surface area contributed by atoms with Crippen molar-refractivity contribution in [1.29, 1.82) is 0 Å². The van der Waals surface area contributed by atoms with Gasteiger partial charge in [0.15, 0.2) is 0 Å². The normalized spacial score (nSPS) is 19.2. The molecule has 0 bridgehead atoms. The molecule has 2 rings (SSSR count). The van der Waals surface area contributed by atoms with Gasteiger partial charge in [-0.15, -0.1) is 0 Å². The predicted molar refractivity (Wildman–Crippen MR) is 47.1 cm³/mol. The maximum atomic E-state index is 9.76. The number of hydrogen-bond donors (Lipinski definition) is 1. The topological polar surface area (TPSA) is 33.1 Å². The number of halogens is 1. The van der Waals surface area contributed by atoms with E-state index < -0.39 is 5.60 Å². The van der Waals surface area contributed by atoms with Gasteiger partial charge in [0.05, 0.1) is 10.7 Å². The zero-order valence-electron chi connectivity index (χ0n) is 6.84. The molecular formula is C9H10ClNO. The van der Waals surface area contributed by atoms with Crippen LogP contribution in [0.15, 0.2) is 12.3 Å². The van der Waals surface area contributed by atoms with E-state index in [9.17, 15) is 5.11 Å². The summed E-state index contributed by atoms with van der Waals surface area (Å²) in [5.74, 6) is 0. The van der Waals surface area contributed by atoms with Gasteiger partial charge in [-0.2, -0.15) is 0 Å². The van der Waals surface area contributed by atoms with Crippen LogP contribution in [-0.4, -0.2) is 10.1 Å². The lowest BCUT2D eigenvalue weighted by Crippen LogP contribution is -2.08. The van der Waals surface area contributed by atoms with E-state index in [2.05, 4.69) is 4.98 Å². The Bertz CT molecular complexity index is 320. The van der Waals surface area contributed by atoms with Crippen molar-refractivity contribution in [2.24, 2.45) is 0 Å². The Morgan fingerprint density at radius 1 is 1.58 bits per heavy atom. The number of rotatable bonds is 1. The van der Waals surface area contributed by atoms with Crippen LogP contribution in [0.25, 0.3) is 0 Å². The molecule has 0 aromatic carbocycles. The Hall–Kier alpha value is -0.600. The monoisotopic (exact) mass is 183 g/mol. The summed E-state index contributed by atoms with van der Waals surface area (Å²) >= 11 is 6.00. The van der Waals surface area contributed by atoms with Gasteiger partial charge in [0, 0.05) is 6.20 Å². The molecule has 1 heterocycles. The molecular weight excluding hydrogens is 174 g/mol. The maximum absolute atomic E-state index is 9.76. The van der Waals surface area contributed by atoms with Crippen molar-refractivity contribution >= 4 is 11.6 Å². The van der Waals surface area contributed by atoms with Gasteiger partial charge in [-0.1, -0.05) is 11.6 Å². The van der Waals surface area contributed by atoms with Gasteiger partial charge in [-0.3, -0.25) is 4.98 Å². The van der Waals surface area contributed by atoms with E-state index in [0.717, 1.165) is 18.4 Å². The molecule has 0 unspecified atom stereocenters. The average molecular weight is 184 g/mol. The second kappa shape index (κ2) is 2.44. The predicted octanol–water partition coefficient (Wildman–Crippen LogP) is 2.02. The molecule has 1 aliphatic carbocycles. The Labute approximate surface area is 76.2 Å². The fourth-order valence-corrected chi connectivity index (χ4v) is 1.51. The van der Waals surface area contributed by atoms with Crippen LogP contribution in [0.1, 0.15) is 24.1 Å². The highest BCUT2D eigenvalue weighted by atomic mass is 35.5. The van der Waals surface area contributed by atoms with Gasteiger partial charge >= 0.3 is 0 Å². The first-order valence-electron chi connectivity index (χ1n) is 3.97. The zero-order valence-corrected chi connectivity index (χ0v) is 7.60. The summed E-state index contributed by atoms with van der Waals surface area (Å²) in [6, 6.07) is 1.84. The third-order valence-corrected chi connectivity index (χ3v) is 2.72. The molecule has 1 fully saturated rings. The smallest absolute Gasteiger partial charge is 0.108 e. The Kier molecular flexibility index (Phi) is 1.63. The minimum atomic E-state index is -0.719. The fourth-order valence-electron chi connectivity index (χ4n) is 1.22. The number of pyridine rings is 1. The molecule has 0 saturated heterocycles. The molecule has 0 spiro atoms. The molecule has 1 N–H and O–H groups in total. The Morgan fingerprint density at radius 2 is 2.25 bits per heavy atom. The first-order chi connectivity index (χ1) is 5.63. The van der Waals surface area contributed by atoms with E-state index in [1.165, 1.54) is 0 Å². The van der Waals surface area contributed by atoms with E-state index in [4.69, 9.17) is 11.6 Å². The van der Waals surface area contributed by atoms with E-state index >= 15 is 0 Å². The van der Waals surface area contributed by atoms with Crippen molar-refractivity contribution in [2.45, 2.75) is 25.4 Å². The quantitative estimate of drug-likeness (QED) is 0.723. The van der Waals surface area contributed by atoms with Crippen LogP contribution in [0.2, 0.25) is 5.02 Å². The van der Waals surface area contributed by atoms with Crippen molar-refractivity contribution in [2.75, 3.05) is 0 Å². The Balaban J connectivity index is 2.51. The first kappa shape index (κ1) is 8.02. The first-order valence-corrected chi connectivity index (χ1v) is 4.35. The van der Waals surface area contributed by atoms with Crippen molar-refractivity contribution in [3.8, 4) is 0 Å². The second-order valence-electron chi connectivity index (χ2n) is 3.32. The molecule has 1 aromatic heterocycles. The number of hydrogen-bond acceptors (Lipinski definition) is 2. The van der Waals surface area contributed by atoms with Gasteiger partial charge in [-0.25, -0.2) is 0 Å². The Morgan fingerprint density at radius 3 is 2.83 bits per heavy atom. The molecule has 0 aliphatic heterocycles. The summed E-state index contributed by atoms with van der Waals surface area (Å²) in [6.45, 7) is 1.92. The highest BCUT2D eigenvalue weighted by Gasteiger charge is 2.45. The molecule has 0 atom stereocenters. The lowest BCUT2D eigenvalue weighted by Gasteiger charge is -2.09. The highest BCUT2D eigenvalue weighted by molar-refractivity contribution is 6.32. The van der Waals surface area contributed by atoms with Crippen LogP contribution >= 0.6 is 11.6 Å². The van der Waals surface area contributed by atoms with Crippen LogP contribution in [0, 0.1) is 6.92 Å². The average Bonchev–Trinajstić information content (AvgIpc) is 2.75. The molecule has 1 saturated carbocycles. The molecule has 1 aromatic rings. The number of aromatic nitrogens is 1. The molecule has 3 heteroatoms. The standard InChI is InChI=1S/C9H10ClNO/c1-6-2-5-11-8(7(6)10)9(12)3-4-9/h2,5,12H,3-4H2,1H3. The maximum Gasteiger partial charge on any atom is 0.108 e. The van der Waals surface area contributed by atoms with Crippen LogP contribution in [0.5, 0.6) is 0 Å². The van der Waals surface area contributed by atoms with Crippen molar-refractivity contribution in [1.82, 2.24) is 4.98 Å². The minimum absolute atomic E-state index is 0.609. The summed E-state index contributed by atoms with van der Waals surface area (Å²) in [5.41, 5.74) is 0.898. The van der Waals surface area contributed by atoms with E-state index in [1.54, 1.807) is 6.20 Å². The molecule has 64 valence electrons. The van der Waals surface area contributed by atoms with Gasteiger partial charge in [-0.05, 0) is 31.4 Å². The van der Waals surface area contributed by atoms with Gasteiger partial charge < -0.3 is 5.11 Å².